The lowest BCUT2D eigenvalue weighted by atomic mass is 10.1. The summed E-state index contributed by atoms with van der Waals surface area (Å²) in [5.74, 6) is 2.53. The quantitative estimate of drug-likeness (QED) is 0.662. The van der Waals surface area contributed by atoms with Crippen LogP contribution in [0, 0.1) is 0 Å². The number of carbonyl (C=O) groups excluding carboxylic acids is 1. The highest BCUT2D eigenvalue weighted by Gasteiger charge is 2.34. The molecule has 0 saturated carbocycles. The standard InChI is InChI=1S/C22H21N3O4/c1-2-14-3-6-16(7-4-14)21-23-22(29-24-21)17-10-20(26)25(12-17)11-15-5-8-18-19(9-15)28-13-27-18/h3-9,17H,2,10-13H2,1H3. The van der Waals surface area contributed by atoms with E-state index in [1.807, 2.05) is 35.2 Å². The van der Waals surface area contributed by atoms with Gasteiger partial charge in [-0.05, 0) is 29.7 Å². The van der Waals surface area contributed by atoms with Crippen LogP contribution in [0.5, 0.6) is 11.5 Å². The molecular formula is C22H21N3O4. The number of carbonyl (C=O) groups is 1. The Bertz CT molecular complexity index is 1040. The Hall–Kier alpha value is -3.35. The molecule has 0 spiro atoms. The zero-order valence-corrected chi connectivity index (χ0v) is 16.1. The van der Waals surface area contributed by atoms with Crippen molar-refractivity contribution in [2.24, 2.45) is 0 Å². The van der Waals surface area contributed by atoms with E-state index in [-0.39, 0.29) is 18.6 Å². The van der Waals surface area contributed by atoms with E-state index < -0.39 is 0 Å². The highest BCUT2D eigenvalue weighted by atomic mass is 16.7. The second-order valence-electron chi connectivity index (χ2n) is 7.37. The molecule has 1 aromatic heterocycles. The van der Waals surface area contributed by atoms with Gasteiger partial charge >= 0.3 is 0 Å². The minimum absolute atomic E-state index is 0.0831. The van der Waals surface area contributed by atoms with Crippen LogP contribution in [0.15, 0.2) is 47.0 Å². The van der Waals surface area contributed by atoms with Crippen molar-refractivity contribution in [2.45, 2.75) is 32.2 Å². The van der Waals surface area contributed by atoms with Crippen LogP contribution >= 0.6 is 0 Å². The molecule has 1 fully saturated rings. The highest BCUT2D eigenvalue weighted by molar-refractivity contribution is 5.79. The normalized spacial score (nSPS) is 17.9. The van der Waals surface area contributed by atoms with Crippen molar-refractivity contribution in [1.82, 2.24) is 15.0 Å². The first-order valence-corrected chi connectivity index (χ1v) is 9.79. The molecule has 2 aliphatic rings. The lowest BCUT2D eigenvalue weighted by Crippen LogP contribution is -2.24. The zero-order chi connectivity index (χ0) is 19.8. The van der Waals surface area contributed by atoms with Gasteiger partial charge in [-0.1, -0.05) is 42.4 Å². The Morgan fingerprint density at radius 3 is 2.69 bits per heavy atom. The van der Waals surface area contributed by atoms with Gasteiger partial charge in [0, 0.05) is 25.1 Å². The Morgan fingerprint density at radius 2 is 1.86 bits per heavy atom. The summed E-state index contributed by atoms with van der Waals surface area (Å²) in [6.07, 6.45) is 1.36. The molecule has 0 aliphatic carbocycles. The van der Waals surface area contributed by atoms with Crippen LogP contribution in [-0.2, 0) is 17.8 Å². The third-order valence-electron chi connectivity index (χ3n) is 5.44. The topological polar surface area (TPSA) is 77.7 Å². The van der Waals surface area contributed by atoms with Crippen molar-refractivity contribution in [3.05, 3.63) is 59.5 Å². The molecule has 1 unspecified atom stereocenters. The molecule has 1 amide bonds. The third kappa shape index (κ3) is 3.44. The number of likely N-dealkylation sites (tertiary alicyclic amines) is 1. The highest BCUT2D eigenvalue weighted by Crippen LogP contribution is 2.34. The largest absolute Gasteiger partial charge is 0.454 e. The number of aryl methyl sites for hydroxylation is 1. The molecule has 1 atom stereocenters. The minimum Gasteiger partial charge on any atom is -0.454 e. The van der Waals surface area contributed by atoms with E-state index in [0.717, 1.165) is 29.0 Å². The van der Waals surface area contributed by atoms with Crippen molar-refractivity contribution in [1.29, 1.82) is 0 Å². The fourth-order valence-corrected chi connectivity index (χ4v) is 3.76. The number of nitrogens with zero attached hydrogens (tertiary/aromatic N) is 3. The van der Waals surface area contributed by atoms with Crippen LogP contribution in [0.25, 0.3) is 11.4 Å². The van der Waals surface area contributed by atoms with E-state index in [4.69, 9.17) is 14.0 Å². The molecule has 1 saturated heterocycles. The van der Waals surface area contributed by atoms with Gasteiger partial charge in [0.1, 0.15) is 0 Å². The molecule has 3 heterocycles. The molecule has 0 N–H and O–H groups in total. The van der Waals surface area contributed by atoms with Gasteiger partial charge in [0.05, 0.1) is 5.92 Å². The first kappa shape index (κ1) is 17.7. The van der Waals surface area contributed by atoms with Crippen LogP contribution in [0.3, 0.4) is 0 Å². The molecular weight excluding hydrogens is 370 g/mol. The number of fused-ring (bicyclic) bond motifs is 1. The van der Waals surface area contributed by atoms with Crippen LogP contribution < -0.4 is 9.47 Å². The zero-order valence-electron chi connectivity index (χ0n) is 16.1. The van der Waals surface area contributed by atoms with Crippen molar-refractivity contribution in [3.8, 4) is 22.9 Å². The average molecular weight is 391 g/mol. The molecule has 0 bridgehead atoms. The fourth-order valence-electron chi connectivity index (χ4n) is 3.76. The van der Waals surface area contributed by atoms with Crippen molar-refractivity contribution >= 4 is 5.91 Å². The van der Waals surface area contributed by atoms with Gasteiger partial charge in [-0.2, -0.15) is 4.98 Å². The van der Waals surface area contributed by atoms with Gasteiger partial charge in [-0.15, -0.1) is 0 Å². The molecule has 7 heteroatoms. The molecule has 3 aromatic rings. The van der Waals surface area contributed by atoms with E-state index in [0.29, 0.717) is 31.2 Å². The second kappa shape index (κ2) is 7.24. The average Bonchev–Trinajstić information content (AvgIpc) is 3.48. The summed E-state index contributed by atoms with van der Waals surface area (Å²) in [4.78, 5) is 18.9. The predicted molar refractivity (Wildman–Crippen MR) is 104 cm³/mol. The number of rotatable bonds is 5. The SMILES string of the molecule is CCc1ccc(-c2noc(C3CC(=O)N(Cc4ccc5c(c4)OCO5)C3)n2)cc1. The fraction of sp³-hybridized carbons (Fsp3) is 0.318. The first-order chi connectivity index (χ1) is 14.2. The van der Waals surface area contributed by atoms with E-state index in [2.05, 4.69) is 29.2 Å². The number of benzene rings is 2. The van der Waals surface area contributed by atoms with Gasteiger partial charge in [0.15, 0.2) is 11.5 Å². The summed E-state index contributed by atoms with van der Waals surface area (Å²) in [7, 11) is 0. The molecule has 0 radical (unpaired) electrons. The summed E-state index contributed by atoms with van der Waals surface area (Å²) < 4.78 is 16.3. The lowest BCUT2D eigenvalue weighted by molar-refractivity contribution is -0.128. The Kier molecular flexibility index (Phi) is 4.42. The minimum atomic E-state index is -0.0901. The molecule has 148 valence electrons. The molecule has 2 aromatic carbocycles. The van der Waals surface area contributed by atoms with Gasteiger partial charge in [0.25, 0.3) is 0 Å². The maximum atomic E-state index is 12.5. The van der Waals surface area contributed by atoms with Crippen LogP contribution in [0.2, 0.25) is 0 Å². The van der Waals surface area contributed by atoms with Crippen LogP contribution in [-0.4, -0.2) is 34.3 Å². The number of amides is 1. The second-order valence-corrected chi connectivity index (χ2v) is 7.37. The number of ether oxygens (including phenoxy) is 2. The van der Waals surface area contributed by atoms with E-state index in [1.54, 1.807) is 0 Å². The van der Waals surface area contributed by atoms with Gasteiger partial charge in [-0.25, -0.2) is 0 Å². The molecule has 5 rings (SSSR count). The Morgan fingerprint density at radius 1 is 1.07 bits per heavy atom. The van der Waals surface area contributed by atoms with Crippen molar-refractivity contribution in [3.63, 3.8) is 0 Å². The Labute approximate surface area is 168 Å². The third-order valence-corrected chi connectivity index (χ3v) is 5.44. The van der Waals surface area contributed by atoms with Crippen molar-refractivity contribution < 1.29 is 18.8 Å². The van der Waals surface area contributed by atoms with Crippen LogP contribution in [0.4, 0.5) is 0 Å². The number of aromatic nitrogens is 2. The number of hydrogen-bond donors (Lipinski definition) is 0. The maximum Gasteiger partial charge on any atom is 0.232 e. The Balaban J connectivity index is 1.28. The molecule has 29 heavy (non-hydrogen) atoms. The van der Waals surface area contributed by atoms with Gasteiger partial charge in [-0.3, -0.25) is 4.79 Å². The summed E-state index contributed by atoms with van der Waals surface area (Å²) >= 11 is 0. The number of hydrogen-bond acceptors (Lipinski definition) is 6. The smallest absolute Gasteiger partial charge is 0.232 e. The maximum absolute atomic E-state index is 12.5. The molecule has 7 nitrogen and oxygen atoms in total. The summed E-state index contributed by atoms with van der Waals surface area (Å²) in [6, 6.07) is 13.9. The van der Waals surface area contributed by atoms with E-state index in [9.17, 15) is 4.79 Å². The van der Waals surface area contributed by atoms with Crippen molar-refractivity contribution in [2.75, 3.05) is 13.3 Å². The lowest BCUT2D eigenvalue weighted by Gasteiger charge is -2.16. The summed E-state index contributed by atoms with van der Waals surface area (Å²) in [5.41, 5.74) is 3.18. The monoisotopic (exact) mass is 391 g/mol. The summed E-state index contributed by atoms with van der Waals surface area (Å²) in [6.45, 7) is 3.44. The van der Waals surface area contributed by atoms with Gasteiger partial charge in [0.2, 0.25) is 24.4 Å². The first-order valence-electron chi connectivity index (χ1n) is 9.79. The molecule has 2 aliphatic heterocycles. The summed E-state index contributed by atoms with van der Waals surface area (Å²) in [5, 5.41) is 4.11. The van der Waals surface area contributed by atoms with E-state index in [1.165, 1.54) is 5.56 Å². The predicted octanol–water partition coefficient (Wildman–Crippen LogP) is 3.54. The van der Waals surface area contributed by atoms with Gasteiger partial charge < -0.3 is 18.9 Å². The van der Waals surface area contributed by atoms with E-state index >= 15 is 0 Å². The van der Waals surface area contributed by atoms with Crippen LogP contribution in [0.1, 0.15) is 36.3 Å².